The van der Waals surface area contributed by atoms with Gasteiger partial charge in [0, 0.05) is 19.2 Å². The molecule has 0 radical (unpaired) electrons. The molecule has 1 aliphatic heterocycles. The second-order valence-corrected chi connectivity index (χ2v) is 9.57. The maximum atomic E-state index is 13.4. The van der Waals surface area contributed by atoms with Crippen molar-refractivity contribution in [2.45, 2.75) is 70.9 Å². The molecular formula is C25H31N7O. The first-order valence-corrected chi connectivity index (χ1v) is 12.0. The highest BCUT2D eigenvalue weighted by molar-refractivity contribution is 6.27. The van der Waals surface area contributed by atoms with Gasteiger partial charge in [0.25, 0.3) is 5.91 Å². The van der Waals surface area contributed by atoms with Crippen LogP contribution in [0.2, 0.25) is 0 Å². The molecule has 3 heterocycles. The molecule has 3 aromatic rings. The number of H-pyrrole nitrogens is 1. The zero-order valence-electron chi connectivity index (χ0n) is 19.3. The summed E-state index contributed by atoms with van der Waals surface area (Å²) >= 11 is 0. The summed E-state index contributed by atoms with van der Waals surface area (Å²) in [5.74, 6) is 0.815. The number of unbranched alkanes of at least 4 members (excludes halogenated alkanes) is 2. The molecule has 0 bridgehead atoms. The van der Waals surface area contributed by atoms with E-state index in [9.17, 15) is 4.79 Å². The first-order chi connectivity index (χ1) is 16.1. The van der Waals surface area contributed by atoms with Crippen LogP contribution in [-0.2, 0) is 23.3 Å². The van der Waals surface area contributed by atoms with Gasteiger partial charge >= 0.3 is 0 Å². The fourth-order valence-corrected chi connectivity index (χ4v) is 4.64. The Balaban J connectivity index is 1.47. The van der Waals surface area contributed by atoms with Gasteiger partial charge in [0.05, 0.1) is 16.8 Å². The number of aromatic nitrogens is 6. The van der Waals surface area contributed by atoms with E-state index in [1.54, 1.807) is 0 Å². The molecule has 2 N–H and O–H groups in total. The van der Waals surface area contributed by atoms with Gasteiger partial charge in [-0.3, -0.25) is 9.48 Å². The number of nitrogens with zero attached hydrogens (tertiary/aromatic N) is 5. The van der Waals surface area contributed by atoms with E-state index >= 15 is 0 Å². The van der Waals surface area contributed by atoms with Gasteiger partial charge in [-0.2, -0.15) is 10.3 Å². The minimum absolute atomic E-state index is 0.205. The average molecular weight is 446 g/mol. The Bertz CT molecular complexity index is 1140. The Morgan fingerprint density at radius 1 is 1.15 bits per heavy atom. The molecule has 2 aliphatic rings. The smallest absolute Gasteiger partial charge is 0.256 e. The third-order valence-electron chi connectivity index (χ3n) is 6.77. The molecule has 0 spiro atoms. The maximum absolute atomic E-state index is 13.4. The van der Waals surface area contributed by atoms with Crippen molar-refractivity contribution in [3.63, 3.8) is 0 Å². The van der Waals surface area contributed by atoms with Crippen LogP contribution in [0.15, 0.2) is 36.5 Å². The lowest BCUT2D eigenvalue weighted by Gasteiger charge is -2.36. The molecule has 8 heteroatoms. The van der Waals surface area contributed by atoms with E-state index in [-0.39, 0.29) is 5.91 Å². The van der Waals surface area contributed by atoms with Gasteiger partial charge < -0.3 is 5.32 Å². The number of amides is 1. The van der Waals surface area contributed by atoms with Crippen LogP contribution in [0.4, 0.5) is 0 Å². The fraction of sp³-hybridized carbons (Fsp3) is 0.480. The van der Waals surface area contributed by atoms with Gasteiger partial charge in [0.2, 0.25) is 5.82 Å². The highest BCUT2D eigenvalue weighted by Crippen LogP contribution is 2.40. The van der Waals surface area contributed by atoms with Gasteiger partial charge in [-0.25, -0.2) is 0 Å². The summed E-state index contributed by atoms with van der Waals surface area (Å²) in [6.45, 7) is 5.22. The van der Waals surface area contributed by atoms with Crippen molar-refractivity contribution in [2.75, 3.05) is 0 Å². The second kappa shape index (κ2) is 8.92. The van der Waals surface area contributed by atoms with E-state index in [1.807, 2.05) is 16.9 Å². The number of tetrazole rings is 1. The molecule has 0 saturated heterocycles. The van der Waals surface area contributed by atoms with Crippen molar-refractivity contribution in [1.29, 1.82) is 0 Å². The van der Waals surface area contributed by atoms with E-state index in [4.69, 9.17) is 5.10 Å². The Kier molecular flexibility index (Phi) is 5.83. The molecule has 0 unspecified atom stereocenters. The van der Waals surface area contributed by atoms with Crippen molar-refractivity contribution >= 4 is 17.1 Å². The average Bonchev–Trinajstić information content (AvgIpc) is 3.24. The molecule has 172 valence electrons. The number of carbonyl (C=O) groups is 1. The molecule has 8 nitrogen and oxygen atoms in total. The van der Waals surface area contributed by atoms with E-state index in [0.29, 0.717) is 17.8 Å². The number of benzene rings is 1. The van der Waals surface area contributed by atoms with Crippen LogP contribution in [0.25, 0.3) is 11.1 Å². The summed E-state index contributed by atoms with van der Waals surface area (Å²) in [6.07, 6.45) is 9.88. The third kappa shape index (κ3) is 4.60. The Hall–Kier alpha value is -3.29. The predicted octanol–water partition coefficient (Wildman–Crippen LogP) is 3.89. The highest BCUT2D eigenvalue weighted by atomic mass is 16.2. The minimum atomic E-state index is -0.554. The molecule has 1 atom stereocenters. The standard InChI is InChI=1S/C25H31N7O/c1-3-4-5-6-17-9-11-19(12-10-17)25(2)15-20(21-13-14-32(29-21)16-18-7-8-18)22(24(33)26-25)23-27-30-31-28-23/h9-14,18H,3-8,15-16H2,1-2H3,(H,26,33)(H,27,28,30,31)/t25-/m0/s1. The summed E-state index contributed by atoms with van der Waals surface area (Å²) in [5.41, 5.74) is 3.95. The zero-order valence-corrected chi connectivity index (χ0v) is 19.3. The van der Waals surface area contributed by atoms with Crippen LogP contribution < -0.4 is 5.32 Å². The van der Waals surface area contributed by atoms with Crippen LogP contribution >= 0.6 is 0 Å². The van der Waals surface area contributed by atoms with E-state index in [1.165, 1.54) is 37.7 Å². The van der Waals surface area contributed by atoms with E-state index in [2.05, 4.69) is 64.1 Å². The summed E-state index contributed by atoms with van der Waals surface area (Å²) < 4.78 is 1.99. The van der Waals surface area contributed by atoms with Crippen LogP contribution in [0.5, 0.6) is 0 Å². The SMILES string of the molecule is CCCCCc1ccc([C@]2(C)CC(c3ccn(CC4CC4)n3)=C(c3nn[nH]n3)C(=O)N2)cc1. The van der Waals surface area contributed by atoms with E-state index in [0.717, 1.165) is 35.7 Å². The Morgan fingerprint density at radius 3 is 2.67 bits per heavy atom. The topological polar surface area (TPSA) is 101 Å². The predicted molar refractivity (Wildman–Crippen MR) is 126 cm³/mol. The summed E-state index contributed by atoms with van der Waals surface area (Å²) in [4.78, 5) is 13.4. The molecule has 1 fully saturated rings. The monoisotopic (exact) mass is 445 g/mol. The van der Waals surface area contributed by atoms with Crippen LogP contribution in [0.1, 0.15) is 75.0 Å². The molecule has 1 aromatic carbocycles. The van der Waals surface area contributed by atoms with Gasteiger partial charge in [0.15, 0.2) is 0 Å². The van der Waals surface area contributed by atoms with Crippen LogP contribution in [-0.4, -0.2) is 36.3 Å². The van der Waals surface area contributed by atoms with Crippen molar-refractivity contribution in [3.8, 4) is 0 Å². The molecule has 2 aromatic heterocycles. The number of hydrogen-bond donors (Lipinski definition) is 2. The lowest BCUT2D eigenvalue weighted by Crippen LogP contribution is -2.47. The Morgan fingerprint density at radius 2 is 1.97 bits per heavy atom. The quantitative estimate of drug-likeness (QED) is 0.487. The Labute approximate surface area is 193 Å². The van der Waals surface area contributed by atoms with Gasteiger partial charge in [-0.1, -0.05) is 44.0 Å². The molecule has 1 saturated carbocycles. The van der Waals surface area contributed by atoms with Crippen molar-refractivity contribution < 1.29 is 4.79 Å². The summed E-state index contributed by atoms with van der Waals surface area (Å²) in [5, 5.41) is 22.4. The minimum Gasteiger partial charge on any atom is -0.342 e. The molecule has 33 heavy (non-hydrogen) atoms. The van der Waals surface area contributed by atoms with Crippen LogP contribution in [0, 0.1) is 5.92 Å². The zero-order chi connectivity index (χ0) is 22.8. The van der Waals surface area contributed by atoms with E-state index < -0.39 is 5.54 Å². The van der Waals surface area contributed by atoms with Crippen LogP contribution in [0.3, 0.4) is 0 Å². The number of carbonyl (C=O) groups excluding carboxylic acids is 1. The molecule has 1 amide bonds. The molecule has 1 aliphatic carbocycles. The third-order valence-corrected chi connectivity index (χ3v) is 6.77. The number of nitrogens with one attached hydrogen (secondary N) is 2. The van der Waals surface area contributed by atoms with Crippen molar-refractivity contribution in [3.05, 3.63) is 59.2 Å². The number of hydrogen-bond acceptors (Lipinski definition) is 5. The molecular weight excluding hydrogens is 414 g/mol. The lowest BCUT2D eigenvalue weighted by atomic mass is 9.79. The molecule has 5 rings (SSSR count). The second-order valence-electron chi connectivity index (χ2n) is 9.57. The number of aromatic amines is 1. The van der Waals surface area contributed by atoms with Crippen molar-refractivity contribution in [2.24, 2.45) is 5.92 Å². The number of rotatable bonds is 9. The summed E-state index contributed by atoms with van der Waals surface area (Å²) in [6, 6.07) is 10.7. The summed E-state index contributed by atoms with van der Waals surface area (Å²) in [7, 11) is 0. The van der Waals surface area contributed by atoms with Gasteiger partial charge in [0.1, 0.15) is 0 Å². The fourth-order valence-electron chi connectivity index (χ4n) is 4.64. The maximum Gasteiger partial charge on any atom is 0.256 e. The highest BCUT2D eigenvalue weighted by Gasteiger charge is 2.40. The lowest BCUT2D eigenvalue weighted by molar-refractivity contribution is -0.117. The first-order valence-electron chi connectivity index (χ1n) is 12.0. The van der Waals surface area contributed by atoms with Gasteiger partial charge in [-0.05, 0) is 66.5 Å². The largest absolute Gasteiger partial charge is 0.342 e. The van der Waals surface area contributed by atoms with Gasteiger partial charge in [-0.15, -0.1) is 10.2 Å². The first kappa shape index (κ1) is 21.6. The normalized spacial score (nSPS) is 20.8. The number of aryl methyl sites for hydroxylation is 1. The van der Waals surface area contributed by atoms with Crippen molar-refractivity contribution in [1.82, 2.24) is 35.7 Å².